The lowest BCUT2D eigenvalue weighted by Gasteiger charge is -1.97. The predicted octanol–water partition coefficient (Wildman–Crippen LogP) is 3.90. The van der Waals surface area contributed by atoms with E-state index in [2.05, 4.69) is 20.9 Å². The summed E-state index contributed by atoms with van der Waals surface area (Å²) in [5, 5.41) is 0. The Labute approximate surface area is 106 Å². The van der Waals surface area contributed by atoms with Crippen molar-refractivity contribution < 1.29 is 4.39 Å². The molecule has 3 aromatic rings. The van der Waals surface area contributed by atoms with E-state index in [1.54, 1.807) is 18.3 Å². The van der Waals surface area contributed by atoms with E-state index in [4.69, 9.17) is 0 Å². The Hall–Kier alpha value is -1.68. The number of hydrogen-bond donors (Lipinski definition) is 0. The Bertz CT molecular complexity index is 691. The second kappa shape index (κ2) is 3.96. The summed E-state index contributed by atoms with van der Waals surface area (Å²) in [7, 11) is 0. The molecule has 0 saturated carbocycles. The average Bonchev–Trinajstić information content (AvgIpc) is 2.68. The molecule has 2 aromatic heterocycles. The molecule has 0 saturated heterocycles. The number of hydrogen-bond acceptors (Lipinski definition) is 1. The van der Waals surface area contributed by atoms with Crippen molar-refractivity contribution >= 4 is 21.6 Å². The largest absolute Gasteiger partial charge is 0.276 e. The Morgan fingerprint density at radius 2 is 2.00 bits per heavy atom. The van der Waals surface area contributed by atoms with Crippen LogP contribution in [0.5, 0.6) is 0 Å². The number of pyridine rings is 1. The van der Waals surface area contributed by atoms with Gasteiger partial charge in [0.2, 0.25) is 5.95 Å². The first kappa shape index (κ1) is 10.5. The van der Waals surface area contributed by atoms with Crippen LogP contribution in [0.3, 0.4) is 0 Å². The Morgan fingerprint density at radius 3 is 2.76 bits per heavy atom. The third-order valence-electron chi connectivity index (χ3n) is 2.57. The highest BCUT2D eigenvalue weighted by Gasteiger charge is 2.13. The van der Waals surface area contributed by atoms with Gasteiger partial charge in [0.05, 0.1) is 0 Å². The molecule has 17 heavy (non-hydrogen) atoms. The maximum atomic E-state index is 14.1. The minimum absolute atomic E-state index is 0.335. The molecular formula is C13H8BrFN2. The second-order valence-electron chi connectivity index (χ2n) is 3.69. The molecule has 0 aliphatic heterocycles. The summed E-state index contributed by atoms with van der Waals surface area (Å²) in [5.41, 5.74) is 1.75. The molecule has 0 atom stereocenters. The first-order valence-corrected chi connectivity index (χ1v) is 5.93. The van der Waals surface area contributed by atoms with E-state index >= 15 is 0 Å². The van der Waals surface area contributed by atoms with Crippen LogP contribution in [0, 0.1) is 5.95 Å². The topological polar surface area (TPSA) is 17.3 Å². The average molecular weight is 291 g/mol. The fraction of sp³-hybridized carbons (Fsp3) is 0. The summed E-state index contributed by atoms with van der Waals surface area (Å²) in [6, 6.07) is 12.9. The van der Waals surface area contributed by atoms with Crippen LogP contribution in [-0.4, -0.2) is 9.38 Å². The van der Waals surface area contributed by atoms with Gasteiger partial charge in [0, 0.05) is 16.2 Å². The molecule has 0 aliphatic rings. The summed E-state index contributed by atoms with van der Waals surface area (Å²) < 4.78 is 16.5. The highest BCUT2D eigenvalue weighted by Crippen LogP contribution is 2.25. The second-order valence-corrected chi connectivity index (χ2v) is 4.61. The molecule has 4 heteroatoms. The van der Waals surface area contributed by atoms with Crippen LogP contribution in [0.25, 0.3) is 16.9 Å². The highest BCUT2D eigenvalue weighted by molar-refractivity contribution is 9.10. The van der Waals surface area contributed by atoms with E-state index < -0.39 is 0 Å². The third kappa shape index (κ3) is 1.74. The van der Waals surface area contributed by atoms with Gasteiger partial charge in [-0.05, 0) is 24.3 Å². The number of imidazole rings is 1. The number of halogens is 2. The van der Waals surface area contributed by atoms with Crippen LogP contribution in [-0.2, 0) is 0 Å². The predicted molar refractivity (Wildman–Crippen MR) is 68.3 cm³/mol. The number of fused-ring (bicyclic) bond motifs is 1. The van der Waals surface area contributed by atoms with Gasteiger partial charge in [-0.15, -0.1) is 0 Å². The van der Waals surface area contributed by atoms with E-state index in [0.29, 0.717) is 11.3 Å². The van der Waals surface area contributed by atoms with Crippen molar-refractivity contribution in [3.63, 3.8) is 0 Å². The summed E-state index contributed by atoms with van der Waals surface area (Å²) in [4.78, 5) is 4.29. The molecule has 0 radical (unpaired) electrons. The van der Waals surface area contributed by atoms with Crippen molar-refractivity contribution in [3.8, 4) is 11.3 Å². The molecule has 84 valence electrons. The first-order valence-electron chi connectivity index (χ1n) is 5.14. The maximum Gasteiger partial charge on any atom is 0.225 e. The van der Waals surface area contributed by atoms with Crippen LogP contribution in [0.4, 0.5) is 4.39 Å². The van der Waals surface area contributed by atoms with Crippen molar-refractivity contribution in [2.45, 2.75) is 0 Å². The number of aromatic nitrogens is 2. The summed E-state index contributed by atoms with van der Waals surface area (Å²) in [6.45, 7) is 0. The van der Waals surface area contributed by atoms with Gasteiger partial charge in [0.25, 0.3) is 0 Å². The van der Waals surface area contributed by atoms with Crippen LogP contribution < -0.4 is 0 Å². The lowest BCUT2D eigenvalue weighted by atomic mass is 10.2. The molecule has 0 bridgehead atoms. The van der Waals surface area contributed by atoms with Gasteiger partial charge < -0.3 is 0 Å². The minimum Gasteiger partial charge on any atom is -0.276 e. The molecule has 0 unspecified atom stereocenters. The van der Waals surface area contributed by atoms with E-state index in [1.807, 2.05) is 30.3 Å². The summed E-state index contributed by atoms with van der Waals surface area (Å²) in [6.07, 6.45) is 1.67. The van der Waals surface area contributed by atoms with Gasteiger partial charge >= 0.3 is 0 Å². The molecule has 0 N–H and O–H groups in total. The standard InChI is InChI=1S/C13H8BrFN2/c14-10-5-3-4-9(8-10)12-13(15)17-7-2-1-6-11(17)16-12/h1-8H. The molecule has 2 heterocycles. The zero-order chi connectivity index (χ0) is 11.8. The molecule has 0 spiro atoms. The number of nitrogens with zero attached hydrogens (tertiary/aromatic N) is 2. The summed E-state index contributed by atoms with van der Waals surface area (Å²) in [5.74, 6) is -0.335. The quantitative estimate of drug-likeness (QED) is 0.664. The van der Waals surface area contributed by atoms with E-state index in [-0.39, 0.29) is 5.95 Å². The maximum absolute atomic E-state index is 14.1. The van der Waals surface area contributed by atoms with Gasteiger partial charge in [-0.3, -0.25) is 4.40 Å². The zero-order valence-electron chi connectivity index (χ0n) is 8.77. The van der Waals surface area contributed by atoms with Gasteiger partial charge in [0.1, 0.15) is 11.3 Å². The summed E-state index contributed by atoms with van der Waals surface area (Å²) >= 11 is 3.37. The monoisotopic (exact) mass is 290 g/mol. The number of benzene rings is 1. The minimum atomic E-state index is -0.335. The van der Waals surface area contributed by atoms with Crippen LogP contribution >= 0.6 is 15.9 Å². The van der Waals surface area contributed by atoms with Gasteiger partial charge in [-0.2, -0.15) is 4.39 Å². The van der Waals surface area contributed by atoms with Gasteiger partial charge in [-0.1, -0.05) is 34.1 Å². The van der Waals surface area contributed by atoms with Crippen molar-refractivity contribution in [2.24, 2.45) is 0 Å². The van der Waals surface area contributed by atoms with Crippen LogP contribution in [0.15, 0.2) is 53.1 Å². The van der Waals surface area contributed by atoms with Crippen molar-refractivity contribution in [1.82, 2.24) is 9.38 Å². The SMILES string of the molecule is Fc1c(-c2cccc(Br)c2)nc2ccccn12. The van der Waals surface area contributed by atoms with Crippen molar-refractivity contribution in [3.05, 3.63) is 59.1 Å². The Kier molecular flexibility index (Phi) is 2.44. The normalized spacial score (nSPS) is 10.9. The van der Waals surface area contributed by atoms with Crippen molar-refractivity contribution in [1.29, 1.82) is 0 Å². The lowest BCUT2D eigenvalue weighted by Crippen LogP contribution is -1.87. The fourth-order valence-electron chi connectivity index (χ4n) is 1.79. The van der Waals surface area contributed by atoms with Crippen LogP contribution in [0.2, 0.25) is 0 Å². The van der Waals surface area contributed by atoms with E-state index in [0.717, 1.165) is 10.0 Å². The molecule has 0 aliphatic carbocycles. The van der Waals surface area contributed by atoms with E-state index in [1.165, 1.54) is 4.40 Å². The zero-order valence-corrected chi connectivity index (χ0v) is 10.4. The highest BCUT2D eigenvalue weighted by atomic mass is 79.9. The molecule has 0 fully saturated rings. The third-order valence-corrected chi connectivity index (χ3v) is 3.06. The smallest absolute Gasteiger partial charge is 0.225 e. The van der Waals surface area contributed by atoms with Crippen molar-refractivity contribution in [2.75, 3.05) is 0 Å². The fourth-order valence-corrected chi connectivity index (χ4v) is 2.18. The Balaban J connectivity index is 2.27. The molecule has 3 rings (SSSR count). The van der Waals surface area contributed by atoms with Gasteiger partial charge in [-0.25, -0.2) is 4.98 Å². The van der Waals surface area contributed by atoms with Crippen LogP contribution in [0.1, 0.15) is 0 Å². The Morgan fingerprint density at radius 1 is 1.12 bits per heavy atom. The van der Waals surface area contributed by atoms with E-state index in [9.17, 15) is 4.39 Å². The molecule has 2 nitrogen and oxygen atoms in total. The first-order chi connectivity index (χ1) is 8.25. The number of rotatable bonds is 1. The lowest BCUT2D eigenvalue weighted by molar-refractivity contribution is 0.576. The molecule has 0 amide bonds. The van der Waals surface area contributed by atoms with Gasteiger partial charge in [0.15, 0.2) is 0 Å². The molecule has 1 aromatic carbocycles. The molecular weight excluding hydrogens is 283 g/mol.